The van der Waals surface area contributed by atoms with Crippen molar-refractivity contribution in [3.8, 4) is 11.5 Å². The Kier molecular flexibility index (Phi) is 15.8. The molecule has 3 rings (SSSR count). The zero-order valence-electron chi connectivity index (χ0n) is 25.6. The van der Waals surface area contributed by atoms with Gasteiger partial charge in [0, 0.05) is 41.4 Å². The van der Waals surface area contributed by atoms with E-state index in [2.05, 4.69) is 38.0 Å². The Bertz CT molecular complexity index is 1130. The number of hydrogen-bond acceptors (Lipinski definition) is 7. The lowest BCUT2D eigenvalue weighted by Gasteiger charge is -2.22. The van der Waals surface area contributed by atoms with E-state index in [1.165, 1.54) is 32.1 Å². The van der Waals surface area contributed by atoms with Gasteiger partial charge in [-0.2, -0.15) is 0 Å². The molecule has 0 saturated heterocycles. The van der Waals surface area contributed by atoms with Gasteiger partial charge in [-0.25, -0.2) is 0 Å². The number of anilines is 2. The van der Waals surface area contributed by atoms with Crippen molar-refractivity contribution in [2.24, 2.45) is 4.99 Å². The summed E-state index contributed by atoms with van der Waals surface area (Å²) in [5.41, 5.74) is 3.17. The number of amides is 2. The van der Waals surface area contributed by atoms with Crippen molar-refractivity contribution in [2.45, 2.75) is 85.3 Å². The Hall–Kier alpha value is -2.65. The second-order valence-corrected chi connectivity index (χ2v) is 12.6. The van der Waals surface area contributed by atoms with E-state index in [0.29, 0.717) is 29.9 Å². The van der Waals surface area contributed by atoms with Gasteiger partial charge in [0.2, 0.25) is 5.91 Å². The number of hydrogen-bond donors (Lipinski definition) is 2. The molecule has 2 aromatic rings. The molecular formula is C31H47N3O4S2. The largest absolute Gasteiger partial charge is 0.504 e. The van der Waals surface area contributed by atoms with E-state index < -0.39 is 0 Å². The van der Waals surface area contributed by atoms with Crippen LogP contribution in [0.4, 0.5) is 17.1 Å². The van der Waals surface area contributed by atoms with Gasteiger partial charge in [0.05, 0.1) is 18.4 Å². The van der Waals surface area contributed by atoms with Gasteiger partial charge < -0.3 is 20.1 Å². The molecule has 0 atom stereocenters. The third-order valence-electron chi connectivity index (χ3n) is 6.07. The second-order valence-electron chi connectivity index (χ2n) is 9.54. The second kappa shape index (κ2) is 17.9. The van der Waals surface area contributed by atoms with Crippen LogP contribution in [-0.4, -0.2) is 47.8 Å². The summed E-state index contributed by atoms with van der Waals surface area (Å²) in [5.74, 6) is -0.155. The normalized spacial score (nSPS) is 12.2. The SMILES string of the molecule is CC.CC=Nc1cc(O)c(OC)cc1C(=O)N1CCc2ccc(NC(=O)CCC(C)(C)SSC)cc21.CCCC. The molecule has 222 valence electrons. The van der Waals surface area contributed by atoms with Crippen LogP contribution in [0.2, 0.25) is 0 Å². The first-order valence-corrected chi connectivity index (χ1v) is 16.5. The molecule has 0 radical (unpaired) electrons. The molecule has 2 aromatic carbocycles. The quantitative estimate of drug-likeness (QED) is 0.213. The van der Waals surface area contributed by atoms with Crippen LogP contribution in [0.3, 0.4) is 0 Å². The summed E-state index contributed by atoms with van der Waals surface area (Å²) in [6, 6.07) is 8.62. The van der Waals surface area contributed by atoms with E-state index >= 15 is 0 Å². The predicted octanol–water partition coefficient (Wildman–Crippen LogP) is 8.67. The molecule has 1 aliphatic rings. The van der Waals surface area contributed by atoms with E-state index in [9.17, 15) is 14.7 Å². The Morgan fingerprint density at radius 2 is 1.85 bits per heavy atom. The minimum Gasteiger partial charge on any atom is -0.504 e. The third-order valence-corrected chi connectivity index (χ3v) is 8.74. The lowest BCUT2D eigenvalue weighted by atomic mass is 10.1. The number of methoxy groups -OCH3 is 1. The van der Waals surface area contributed by atoms with Crippen LogP contribution in [-0.2, 0) is 11.2 Å². The molecule has 0 aliphatic carbocycles. The van der Waals surface area contributed by atoms with Crippen molar-refractivity contribution in [2.75, 3.05) is 30.1 Å². The fourth-order valence-corrected chi connectivity index (χ4v) is 6.10. The summed E-state index contributed by atoms with van der Waals surface area (Å²) in [6.07, 6.45) is 8.16. The monoisotopic (exact) mass is 589 g/mol. The maximum atomic E-state index is 13.5. The average Bonchev–Trinajstić information content (AvgIpc) is 3.36. The fourth-order valence-electron chi connectivity index (χ4n) is 3.86. The number of nitrogens with one attached hydrogen (secondary N) is 1. The standard InChI is InChI=1S/C25H31N3O4S2.C4H10.C2H6/c1-6-26-19-15-21(29)22(32-4)14-18(19)24(31)28-12-10-16-7-8-17(13-20(16)28)27-23(30)9-11-25(2,3)34-33-5;1-3-4-2;1-2/h6-8,13-15,29H,9-12H2,1-5H3,(H,27,30);3-4H2,1-2H3;1-2H3. The van der Waals surface area contributed by atoms with Gasteiger partial charge in [-0.1, -0.05) is 68.2 Å². The predicted molar refractivity (Wildman–Crippen MR) is 175 cm³/mol. The number of unbranched alkanes of at least 4 members (excludes halogenated alkanes) is 1. The molecule has 1 heterocycles. The zero-order valence-corrected chi connectivity index (χ0v) is 27.2. The molecule has 2 amide bonds. The van der Waals surface area contributed by atoms with Gasteiger partial charge in [0.15, 0.2) is 11.5 Å². The van der Waals surface area contributed by atoms with Crippen LogP contribution in [0.5, 0.6) is 11.5 Å². The average molecular weight is 590 g/mol. The number of aromatic hydroxyl groups is 1. The van der Waals surface area contributed by atoms with Gasteiger partial charge in [0.25, 0.3) is 5.91 Å². The smallest absolute Gasteiger partial charge is 0.260 e. The molecular weight excluding hydrogens is 542 g/mol. The minimum atomic E-state index is -0.239. The highest BCUT2D eigenvalue weighted by molar-refractivity contribution is 8.76. The Morgan fingerprint density at radius 3 is 2.42 bits per heavy atom. The number of carbonyl (C=O) groups excluding carboxylic acids is 2. The zero-order chi connectivity index (χ0) is 30.3. The number of phenolic OH excluding ortho intramolecular Hbond substituents is 1. The van der Waals surface area contributed by atoms with E-state index in [1.807, 2.05) is 38.3 Å². The highest BCUT2D eigenvalue weighted by Crippen LogP contribution is 2.39. The van der Waals surface area contributed by atoms with Crippen LogP contribution < -0.4 is 15.0 Å². The first-order valence-electron chi connectivity index (χ1n) is 14.0. The molecule has 1 aliphatic heterocycles. The van der Waals surface area contributed by atoms with Gasteiger partial charge in [-0.05, 0) is 63.6 Å². The summed E-state index contributed by atoms with van der Waals surface area (Å²) < 4.78 is 5.22. The molecule has 0 bridgehead atoms. The molecule has 40 heavy (non-hydrogen) atoms. The van der Waals surface area contributed by atoms with E-state index in [1.54, 1.807) is 39.6 Å². The molecule has 0 spiro atoms. The van der Waals surface area contributed by atoms with Crippen molar-refractivity contribution in [3.63, 3.8) is 0 Å². The molecule has 7 nitrogen and oxygen atoms in total. The number of nitrogens with zero attached hydrogens (tertiary/aromatic N) is 2. The maximum absolute atomic E-state index is 13.5. The maximum Gasteiger partial charge on any atom is 0.260 e. The van der Waals surface area contributed by atoms with Gasteiger partial charge in [-0.3, -0.25) is 14.6 Å². The topological polar surface area (TPSA) is 91.2 Å². The van der Waals surface area contributed by atoms with E-state index in [0.717, 1.165) is 24.1 Å². The van der Waals surface area contributed by atoms with Crippen molar-refractivity contribution >= 4 is 56.7 Å². The lowest BCUT2D eigenvalue weighted by Crippen LogP contribution is -2.29. The highest BCUT2D eigenvalue weighted by Gasteiger charge is 2.29. The van der Waals surface area contributed by atoms with Gasteiger partial charge >= 0.3 is 0 Å². The Balaban J connectivity index is 0.00000122. The van der Waals surface area contributed by atoms with Crippen LogP contribution in [0.25, 0.3) is 0 Å². The third kappa shape index (κ3) is 10.4. The summed E-state index contributed by atoms with van der Waals surface area (Å²) in [6.45, 7) is 14.9. The molecule has 0 saturated carbocycles. The molecule has 2 N–H and O–H groups in total. The van der Waals surface area contributed by atoms with E-state index in [-0.39, 0.29) is 28.1 Å². The van der Waals surface area contributed by atoms with Crippen molar-refractivity contribution in [1.82, 2.24) is 0 Å². The highest BCUT2D eigenvalue weighted by atomic mass is 33.1. The first-order chi connectivity index (χ1) is 19.1. The summed E-state index contributed by atoms with van der Waals surface area (Å²) >= 11 is 0. The summed E-state index contributed by atoms with van der Waals surface area (Å²) in [4.78, 5) is 32.0. The molecule has 0 aromatic heterocycles. The number of rotatable bonds is 10. The van der Waals surface area contributed by atoms with Crippen LogP contribution in [0.15, 0.2) is 35.3 Å². The number of aliphatic imine (C=N–C) groups is 1. The molecule has 0 unspecified atom stereocenters. The van der Waals surface area contributed by atoms with Crippen molar-refractivity contribution in [3.05, 3.63) is 41.5 Å². The van der Waals surface area contributed by atoms with Crippen molar-refractivity contribution < 1.29 is 19.4 Å². The molecule has 0 fully saturated rings. The van der Waals surface area contributed by atoms with E-state index in [4.69, 9.17) is 4.74 Å². The first kappa shape index (κ1) is 35.4. The Morgan fingerprint density at radius 1 is 1.18 bits per heavy atom. The summed E-state index contributed by atoms with van der Waals surface area (Å²) in [5, 5.41) is 13.1. The van der Waals surface area contributed by atoms with Crippen LogP contribution >= 0.6 is 21.6 Å². The fraction of sp³-hybridized carbons (Fsp3) is 0.516. The number of carbonyl (C=O) groups is 2. The Labute approximate surface area is 249 Å². The van der Waals surface area contributed by atoms with Gasteiger partial charge in [-0.15, -0.1) is 0 Å². The summed E-state index contributed by atoms with van der Waals surface area (Å²) in [7, 11) is 4.91. The molecule has 9 heteroatoms. The number of ether oxygens (including phenoxy) is 1. The minimum absolute atomic E-state index is 0.0156. The number of phenols is 1. The van der Waals surface area contributed by atoms with Crippen LogP contribution in [0.1, 0.15) is 90.1 Å². The number of benzene rings is 2. The van der Waals surface area contributed by atoms with Crippen molar-refractivity contribution in [1.29, 1.82) is 0 Å². The van der Waals surface area contributed by atoms with Crippen LogP contribution in [0, 0.1) is 0 Å². The number of fused-ring (bicyclic) bond motifs is 1. The van der Waals surface area contributed by atoms with Gasteiger partial charge in [0.1, 0.15) is 0 Å². The lowest BCUT2D eigenvalue weighted by molar-refractivity contribution is -0.116.